The Labute approximate surface area is 803 Å². The van der Waals surface area contributed by atoms with Crippen molar-refractivity contribution < 1.29 is 4.39 Å². The van der Waals surface area contributed by atoms with Crippen LogP contribution in [0.2, 0.25) is 0 Å². The van der Waals surface area contributed by atoms with E-state index in [0.29, 0.717) is 5.01 Å². The molecular weight excluding hydrogens is 1660 g/mol. The molecule has 730 valence electrons. The predicted octanol–water partition coefficient (Wildman–Crippen LogP) is 32.5. The van der Waals surface area contributed by atoms with Crippen LogP contribution >= 0.6 is 57.1 Å². The molecule has 1 N–H and O–H groups in total. The molecule has 0 bridgehead atoms. The van der Waals surface area contributed by atoms with Gasteiger partial charge in [0.2, 0.25) is 0 Å². The topological polar surface area (TPSA) is 176 Å². The molecule has 0 amide bonds. The van der Waals surface area contributed by atoms with E-state index in [9.17, 15) is 4.39 Å². The smallest absolute Gasteiger partial charge is 0.184 e. The van der Waals surface area contributed by atoms with Gasteiger partial charge in [-0.3, -0.25) is 15.0 Å². The molecule has 11 aromatic rings. The van der Waals surface area contributed by atoms with Gasteiger partial charge < -0.3 is 23.6 Å². The van der Waals surface area contributed by atoms with Crippen molar-refractivity contribution in [2.45, 2.75) is 407 Å². The average Bonchev–Trinajstić information content (AvgIpc) is 1.85. The van der Waals surface area contributed by atoms with Gasteiger partial charge in [0, 0.05) is 194 Å². The van der Waals surface area contributed by atoms with Crippen LogP contribution in [0.1, 0.15) is 398 Å². The summed E-state index contributed by atoms with van der Waals surface area (Å²) < 4.78 is 19.3. The first-order chi connectivity index (χ1) is 53.5. The SMILES string of the molecule is C.C.C.C.C.C.C.C.C.CC(C)(C)c1csc(CF)n1.CCc1nc(C(C)(C)C)cs1.CN(C)c1nc(C(C)(C)C)cs1.CSc1nc(C(C)(C)C)cs1.Cc1ccc(C(C)(C)C)nc1.Cc1cccc(C(C)(C)C)n1.Cc1ccnc(C(C)(C)C)c1.Cc1ncc(C(C)(C)C)[nH]1.Cn1ccnc1C(C)(C)C.Cn1cnc(C(C)(C)C)c1.Cn1cncc1C(C)(C)C. The fourth-order valence-corrected chi connectivity index (χ4v) is 13.9. The van der Waals surface area contributed by atoms with Gasteiger partial charge in [0.15, 0.2) is 5.13 Å². The molecule has 11 heterocycles. The first-order valence-corrected chi connectivity index (χ1v) is 45.6. The van der Waals surface area contributed by atoms with Crippen molar-refractivity contribution in [1.29, 1.82) is 0 Å². The summed E-state index contributed by atoms with van der Waals surface area (Å²) >= 11 is 8.30. The minimum atomic E-state index is -0.444. The quantitative estimate of drug-likeness (QED) is 0.165. The largest absolute Gasteiger partial charge is 0.354 e. The number of nitrogens with one attached hydrogen (secondary N) is 1. The highest BCUT2D eigenvalue weighted by molar-refractivity contribution is 8.00. The maximum atomic E-state index is 12.1. The van der Waals surface area contributed by atoms with Crippen molar-refractivity contribution in [3.8, 4) is 0 Å². The van der Waals surface area contributed by atoms with E-state index in [1.807, 2.05) is 126 Å². The molecule has 0 atom stereocenters. The Bertz CT molecular complexity index is 4290. The number of aromatic amines is 1. The molecule has 127 heavy (non-hydrogen) atoms. The Hall–Kier alpha value is -7.11. The average molecular weight is 1860 g/mol. The van der Waals surface area contributed by atoms with E-state index in [-0.39, 0.29) is 126 Å². The Morgan fingerprint density at radius 2 is 0.858 bits per heavy atom. The van der Waals surface area contributed by atoms with Crippen LogP contribution in [-0.2, 0) is 93.8 Å². The number of nitrogens with zero attached hydrogens (tertiary/aromatic N) is 15. The van der Waals surface area contributed by atoms with E-state index in [1.54, 1.807) is 45.8 Å². The minimum Gasteiger partial charge on any atom is -0.354 e. The Morgan fingerprint density at radius 3 is 1.10 bits per heavy atom. The fourth-order valence-electron chi connectivity index (χ4n) is 9.63. The normalized spacial score (nSPS) is 11.0. The number of rotatable bonds is 4. The van der Waals surface area contributed by atoms with Gasteiger partial charge in [0.1, 0.15) is 27.7 Å². The highest BCUT2D eigenvalue weighted by atomic mass is 32.2. The van der Waals surface area contributed by atoms with Crippen molar-refractivity contribution >= 4 is 62.2 Å². The number of aromatic nitrogens is 15. The van der Waals surface area contributed by atoms with Gasteiger partial charge in [-0.2, -0.15) is 0 Å². The van der Waals surface area contributed by atoms with Crippen LogP contribution < -0.4 is 4.90 Å². The molecule has 0 unspecified atom stereocenters. The third-order valence-corrected chi connectivity index (χ3v) is 21.9. The Morgan fingerprint density at radius 1 is 0.402 bits per heavy atom. The van der Waals surface area contributed by atoms with Crippen molar-refractivity contribution in [2.75, 3.05) is 25.3 Å². The number of alkyl halides is 1. The number of imidazole rings is 4. The summed E-state index contributed by atoms with van der Waals surface area (Å²) in [6, 6.07) is 14.5. The van der Waals surface area contributed by atoms with E-state index < -0.39 is 6.67 Å². The summed E-state index contributed by atoms with van der Waals surface area (Å²) in [4.78, 5) is 52.7. The molecule has 16 nitrogen and oxygen atoms in total. The van der Waals surface area contributed by atoms with E-state index in [1.165, 1.54) is 55.9 Å². The number of thioether (sulfide) groups is 1. The third-order valence-electron chi connectivity index (χ3n) is 17.2. The third kappa shape index (κ3) is 54.3. The number of hydrogen-bond acceptors (Lipinski definition) is 17. The van der Waals surface area contributed by atoms with E-state index in [2.05, 4.69) is 377 Å². The van der Waals surface area contributed by atoms with Gasteiger partial charge in [0.05, 0.1) is 46.1 Å². The molecule has 0 aromatic carbocycles. The van der Waals surface area contributed by atoms with Gasteiger partial charge in [-0.1, -0.05) is 326 Å². The number of aryl methyl sites for hydroxylation is 8. The lowest BCUT2D eigenvalue weighted by Crippen LogP contribution is -2.16. The van der Waals surface area contributed by atoms with Crippen LogP contribution in [0.15, 0.2) is 124 Å². The van der Waals surface area contributed by atoms with Crippen molar-refractivity contribution in [2.24, 2.45) is 21.1 Å². The lowest BCUT2D eigenvalue weighted by Gasteiger charge is -2.18. The second kappa shape index (κ2) is 59.3. The number of anilines is 1. The fraction of sp³-hybridized carbons (Fsp3) is 0.629. The highest BCUT2D eigenvalue weighted by Crippen LogP contribution is 2.32. The Balaban J connectivity index is -0.000000171. The molecule has 0 aliphatic carbocycles. The molecule has 0 saturated carbocycles. The van der Waals surface area contributed by atoms with Crippen LogP contribution in [0.3, 0.4) is 0 Å². The summed E-state index contributed by atoms with van der Waals surface area (Å²) in [6.07, 6.45) is 20.3. The zero-order chi connectivity index (χ0) is 91.4. The summed E-state index contributed by atoms with van der Waals surface area (Å²) in [6.45, 7) is 81.3. The van der Waals surface area contributed by atoms with Gasteiger partial charge in [-0.15, -0.1) is 45.3 Å². The van der Waals surface area contributed by atoms with Gasteiger partial charge >= 0.3 is 0 Å². The van der Waals surface area contributed by atoms with Crippen molar-refractivity contribution in [3.63, 3.8) is 0 Å². The van der Waals surface area contributed by atoms with Crippen LogP contribution in [0, 0.1) is 27.7 Å². The zero-order valence-electron chi connectivity index (χ0n) is 81.6. The molecule has 0 spiro atoms. The summed E-state index contributed by atoms with van der Waals surface area (Å²) in [7, 11) is 10.1. The molecule has 0 saturated heterocycles. The highest BCUT2D eigenvalue weighted by Gasteiger charge is 2.24. The second-order valence-electron chi connectivity index (χ2n) is 41.3. The van der Waals surface area contributed by atoms with Gasteiger partial charge in [-0.05, 0) is 81.8 Å². The lowest BCUT2D eigenvalue weighted by atomic mass is 9.91. The number of pyridine rings is 3. The molecule has 11 aromatic heterocycles. The van der Waals surface area contributed by atoms with Gasteiger partial charge in [0.25, 0.3) is 0 Å². The predicted molar refractivity (Wildman–Crippen MR) is 575 cm³/mol. The molecule has 0 aliphatic rings. The van der Waals surface area contributed by atoms with E-state index in [0.717, 1.165) is 61.7 Å². The summed E-state index contributed by atoms with van der Waals surface area (Å²) in [5.74, 6) is 2.12. The maximum Gasteiger partial charge on any atom is 0.184 e. The summed E-state index contributed by atoms with van der Waals surface area (Å²) in [5.41, 5.74) is 17.2. The number of thiazole rings is 4. The first-order valence-electron chi connectivity index (χ1n) is 40.9. The van der Waals surface area contributed by atoms with Gasteiger partial charge in [-0.25, -0.2) is 44.3 Å². The molecule has 0 fully saturated rings. The molecule has 0 radical (unpaired) electrons. The zero-order valence-corrected chi connectivity index (χ0v) is 85.7. The minimum absolute atomic E-state index is 0. The first kappa shape index (κ1) is 138. The van der Waals surface area contributed by atoms with Crippen LogP contribution in [-0.4, -0.2) is 93.9 Å². The van der Waals surface area contributed by atoms with E-state index >= 15 is 0 Å². The van der Waals surface area contributed by atoms with Crippen molar-refractivity contribution in [1.82, 2.24) is 73.5 Å². The monoisotopic (exact) mass is 1860 g/mol. The van der Waals surface area contributed by atoms with E-state index in [4.69, 9.17) is 0 Å². The van der Waals surface area contributed by atoms with Crippen molar-refractivity contribution in [3.05, 3.63) is 215 Å². The number of H-pyrrole nitrogens is 1. The Kier molecular flexibility index (Phi) is 64.4. The molecule has 11 rings (SSSR count). The second-order valence-corrected chi connectivity index (χ2v) is 45.9. The number of halogens is 1. The molecule has 22 heteroatoms. The molecule has 0 aliphatic heterocycles. The molecular formula is C105H193FN16S5. The van der Waals surface area contributed by atoms with Crippen LogP contribution in [0.25, 0.3) is 0 Å². The van der Waals surface area contributed by atoms with Crippen LogP contribution in [0.4, 0.5) is 9.52 Å². The summed E-state index contributed by atoms with van der Waals surface area (Å²) in [5, 5.41) is 11.3. The van der Waals surface area contributed by atoms with Crippen LogP contribution in [0.5, 0.6) is 0 Å². The lowest BCUT2D eigenvalue weighted by molar-refractivity contribution is 0.479. The number of hydrogen-bond donors (Lipinski definition) is 1. The maximum absolute atomic E-state index is 12.1. The standard InChI is InChI=1S/3C10H15N.C9H16N2S.C9H15NS.C8H12FNS.4C8H14N2.C8H13NS2.9CH4/c1-8-5-6-11-9(7-8)10(2,3)4;1-8-5-6-9(11-7-8)10(2,3)4;1-8-6-5-7-9(11-8)10(2,3)4;1-9(2,3)7-6-12-8(10-7)11(4)5;1-5-8-10-7(6-11-8)9(2,3)4;1-8(2,3)6-5-11-7(4-9)10-6;1-8(2,3)7-5-10(4)6-9-7;1-8(2,3)7-5-9-6-10(7)4;1-8(2,3)7-9-5-6-10(7)4;1-6-9-5-7(10-6)8(2,3)4;1-8(2,3)6-5-11-7(9-6)10-4;;;;;;;;;/h3*5-7H,1-4H3;6H,1-5H3;6H,5H2,1-4H3;5H,4H2,1-3H3;3*5-6H,1-4H3;5H,1-4H3,(H,9,10);5H,1-4H3;9*1H4.